The fraction of sp³-hybridized carbons (Fsp3) is 1.00. The van der Waals surface area contributed by atoms with Gasteiger partial charge in [-0.1, -0.05) is 0 Å². The molecule has 4 rings (SSSR count). The van der Waals surface area contributed by atoms with Gasteiger partial charge in [0.1, 0.15) is 0 Å². The summed E-state index contributed by atoms with van der Waals surface area (Å²) < 4.78 is 0. The van der Waals surface area contributed by atoms with E-state index in [9.17, 15) is 0 Å². The zero-order chi connectivity index (χ0) is 7.42. The molecule has 3 heterocycles. The molecule has 62 valence electrons. The highest BCUT2D eigenvalue weighted by Gasteiger charge is 2.45. The first-order valence-corrected chi connectivity index (χ1v) is 4.81. The van der Waals surface area contributed by atoms with Gasteiger partial charge in [-0.25, -0.2) is 0 Å². The first kappa shape index (κ1) is 6.44. The standard InChI is InChI=1S/C9H16N2/c10-9-7-1-6-2-8(9)5-11(3-6)4-7/h6-9H,1-5,10H2/t6-,7-,8+,9-. The maximum Gasteiger partial charge on any atom is 0.0120 e. The highest BCUT2D eigenvalue weighted by atomic mass is 15.2. The molecule has 0 aromatic heterocycles. The van der Waals surface area contributed by atoms with Gasteiger partial charge in [-0.15, -0.1) is 0 Å². The van der Waals surface area contributed by atoms with Gasteiger partial charge in [-0.2, -0.15) is 0 Å². The fourth-order valence-corrected chi connectivity index (χ4v) is 3.45. The molecule has 4 aliphatic rings. The third kappa shape index (κ3) is 0.798. The molecule has 11 heavy (non-hydrogen) atoms. The minimum absolute atomic E-state index is 0.544. The minimum Gasteiger partial charge on any atom is -0.327 e. The molecule has 3 aliphatic heterocycles. The van der Waals surface area contributed by atoms with Crippen LogP contribution in [0.1, 0.15) is 12.8 Å². The predicted octanol–water partition coefficient (Wildman–Crippen LogP) is 0.285. The molecular formula is C9H16N2. The molecule has 5 atom stereocenters. The van der Waals surface area contributed by atoms with E-state index in [4.69, 9.17) is 5.73 Å². The molecule has 1 aliphatic carbocycles. The van der Waals surface area contributed by atoms with Crippen LogP contribution in [0.15, 0.2) is 0 Å². The maximum atomic E-state index is 6.14. The zero-order valence-corrected chi connectivity index (χ0v) is 6.87. The molecule has 0 aromatic rings. The summed E-state index contributed by atoms with van der Waals surface area (Å²) in [5.74, 6) is 2.70. The van der Waals surface area contributed by atoms with E-state index < -0.39 is 0 Å². The van der Waals surface area contributed by atoms with Crippen LogP contribution in [0, 0.1) is 17.8 Å². The van der Waals surface area contributed by atoms with Crippen molar-refractivity contribution in [3.8, 4) is 0 Å². The number of rotatable bonds is 0. The van der Waals surface area contributed by atoms with Gasteiger partial charge >= 0.3 is 0 Å². The largest absolute Gasteiger partial charge is 0.327 e. The average Bonchev–Trinajstić information content (AvgIpc) is 1.98. The van der Waals surface area contributed by atoms with E-state index in [0.717, 1.165) is 17.8 Å². The summed E-state index contributed by atoms with van der Waals surface area (Å²) in [4.78, 5) is 2.62. The molecule has 2 nitrogen and oxygen atoms in total. The van der Waals surface area contributed by atoms with Crippen LogP contribution in [0.5, 0.6) is 0 Å². The van der Waals surface area contributed by atoms with E-state index in [1.807, 2.05) is 0 Å². The third-order valence-corrected chi connectivity index (χ3v) is 3.86. The van der Waals surface area contributed by atoms with E-state index >= 15 is 0 Å². The highest BCUT2D eigenvalue weighted by Crippen LogP contribution is 2.42. The van der Waals surface area contributed by atoms with Gasteiger partial charge in [0.05, 0.1) is 0 Å². The molecule has 0 radical (unpaired) electrons. The van der Waals surface area contributed by atoms with Gasteiger partial charge in [0.2, 0.25) is 0 Å². The Morgan fingerprint density at radius 3 is 2.18 bits per heavy atom. The Bertz CT molecular complexity index is 150. The molecule has 0 spiro atoms. The normalized spacial score (nSPS) is 60.3. The average molecular weight is 152 g/mol. The van der Waals surface area contributed by atoms with Gasteiger partial charge in [0.25, 0.3) is 0 Å². The Balaban J connectivity index is 1.91. The highest BCUT2D eigenvalue weighted by molar-refractivity contribution is 5.00. The topological polar surface area (TPSA) is 29.3 Å². The number of nitrogens with two attached hydrogens (primary N) is 1. The number of hydrogen-bond donors (Lipinski definition) is 1. The lowest BCUT2D eigenvalue weighted by Gasteiger charge is -2.54. The van der Waals surface area contributed by atoms with Gasteiger partial charge in [0, 0.05) is 25.7 Å². The molecule has 1 unspecified atom stereocenters. The van der Waals surface area contributed by atoms with Crippen LogP contribution in [-0.2, 0) is 0 Å². The molecule has 2 N–H and O–H groups in total. The van der Waals surface area contributed by atoms with Crippen molar-refractivity contribution < 1.29 is 0 Å². The van der Waals surface area contributed by atoms with Gasteiger partial charge in [-0.05, 0) is 30.6 Å². The van der Waals surface area contributed by atoms with E-state index in [0.29, 0.717) is 6.04 Å². The molecule has 3 saturated heterocycles. The van der Waals surface area contributed by atoms with Crippen molar-refractivity contribution >= 4 is 0 Å². The minimum atomic E-state index is 0.544. The van der Waals surface area contributed by atoms with Crippen LogP contribution < -0.4 is 5.73 Å². The first-order valence-electron chi connectivity index (χ1n) is 4.81. The molecule has 1 saturated carbocycles. The van der Waals surface area contributed by atoms with Gasteiger partial charge in [-0.3, -0.25) is 0 Å². The molecule has 4 bridgehead atoms. The quantitative estimate of drug-likeness (QED) is 0.540. The third-order valence-electron chi connectivity index (χ3n) is 3.86. The van der Waals surface area contributed by atoms with Crippen LogP contribution in [0.2, 0.25) is 0 Å². The monoisotopic (exact) mass is 152 g/mol. The van der Waals surface area contributed by atoms with Crippen molar-refractivity contribution in [1.29, 1.82) is 0 Å². The summed E-state index contributed by atoms with van der Waals surface area (Å²) in [7, 11) is 0. The number of piperidine rings is 3. The summed E-state index contributed by atoms with van der Waals surface area (Å²) in [5.41, 5.74) is 6.14. The van der Waals surface area contributed by atoms with Gasteiger partial charge in [0.15, 0.2) is 0 Å². The fourth-order valence-electron chi connectivity index (χ4n) is 3.45. The van der Waals surface area contributed by atoms with E-state index in [1.165, 1.54) is 32.5 Å². The molecule has 2 heteroatoms. The smallest absolute Gasteiger partial charge is 0.0120 e. The van der Waals surface area contributed by atoms with E-state index in [2.05, 4.69) is 4.90 Å². The summed E-state index contributed by atoms with van der Waals surface area (Å²) in [6.07, 6.45) is 2.85. The van der Waals surface area contributed by atoms with Crippen LogP contribution in [0.3, 0.4) is 0 Å². The Morgan fingerprint density at radius 1 is 1.00 bits per heavy atom. The van der Waals surface area contributed by atoms with Crippen molar-refractivity contribution in [3.05, 3.63) is 0 Å². The summed E-state index contributed by atoms with van der Waals surface area (Å²) in [5, 5.41) is 0. The van der Waals surface area contributed by atoms with Crippen LogP contribution >= 0.6 is 0 Å². The summed E-state index contributed by atoms with van der Waals surface area (Å²) in [6.45, 7) is 3.97. The predicted molar refractivity (Wildman–Crippen MR) is 44.1 cm³/mol. The Morgan fingerprint density at radius 2 is 1.64 bits per heavy atom. The van der Waals surface area contributed by atoms with Crippen LogP contribution in [0.25, 0.3) is 0 Å². The van der Waals surface area contributed by atoms with Crippen LogP contribution in [0.4, 0.5) is 0 Å². The Labute approximate surface area is 67.7 Å². The maximum absolute atomic E-state index is 6.14. The van der Waals surface area contributed by atoms with E-state index in [-0.39, 0.29) is 0 Å². The lowest BCUT2D eigenvalue weighted by molar-refractivity contribution is -0.0328. The second-order valence-electron chi connectivity index (χ2n) is 4.65. The van der Waals surface area contributed by atoms with Gasteiger partial charge < -0.3 is 10.6 Å². The molecular weight excluding hydrogens is 136 g/mol. The van der Waals surface area contributed by atoms with Crippen molar-refractivity contribution in [3.63, 3.8) is 0 Å². The first-order chi connectivity index (χ1) is 5.33. The van der Waals surface area contributed by atoms with Crippen molar-refractivity contribution in [2.75, 3.05) is 19.6 Å². The lowest BCUT2D eigenvalue weighted by atomic mass is 9.65. The Kier molecular flexibility index (Phi) is 1.16. The second kappa shape index (κ2) is 1.99. The van der Waals surface area contributed by atoms with E-state index in [1.54, 1.807) is 0 Å². The summed E-state index contributed by atoms with van der Waals surface area (Å²) >= 11 is 0. The van der Waals surface area contributed by atoms with Crippen LogP contribution in [-0.4, -0.2) is 30.6 Å². The number of nitrogens with zero attached hydrogens (tertiary/aromatic N) is 1. The van der Waals surface area contributed by atoms with Crippen molar-refractivity contribution in [2.45, 2.75) is 18.9 Å². The molecule has 0 aromatic carbocycles. The second-order valence-corrected chi connectivity index (χ2v) is 4.65. The zero-order valence-electron chi connectivity index (χ0n) is 6.87. The lowest BCUT2D eigenvalue weighted by Crippen LogP contribution is -2.62. The van der Waals surface area contributed by atoms with Crippen molar-refractivity contribution in [1.82, 2.24) is 4.90 Å². The van der Waals surface area contributed by atoms with Crippen molar-refractivity contribution in [2.24, 2.45) is 23.5 Å². The molecule has 4 fully saturated rings. The number of hydrogen-bond acceptors (Lipinski definition) is 2. The summed E-state index contributed by atoms with van der Waals surface area (Å²) in [6, 6.07) is 0.544. The molecule has 0 amide bonds. The Hall–Kier alpha value is -0.0800. The SMILES string of the molecule is N[C@@H]1[C@@H]2C[C@@H]3C[C@H]1CN(C3)C2.